The Labute approximate surface area is 209 Å². The molecule has 0 amide bonds. The van der Waals surface area contributed by atoms with E-state index in [9.17, 15) is 5.26 Å². The summed E-state index contributed by atoms with van der Waals surface area (Å²) >= 11 is 0. The molecule has 0 N–H and O–H groups in total. The van der Waals surface area contributed by atoms with Gasteiger partial charge in [-0.3, -0.25) is 4.98 Å². The first-order chi connectivity index (χ1) is 17.8. The topological polar surface area (TPSA) is 80.8 Å². The minimum absolute atomic E-state index is 0.0743. The first-order valence-electron chi connectivity index (χ1n) is 12.4. The molecule has 182 valence electrons. The normalized spacial score (nSPS) is 16.7. The van der Waals surface area contributed by atoms with Crippen LogP contribution in [0.5, 0.6) is 5.75 Å². The molecular formula is C29H27N3O4. The lowest BCUT2D eigenvalue weighted by Gasteiger charge is -2.29. The van der Waals surface area contributed by atoms with E-state index in [-0.39, 0.29) is 6.10 Å². The fourth-order valence-electron chi connectivity index (χ4n) is 4.85. The SMILES string of the molecule is N#Cc1cc(-c2ccnc3cc(-c4cccc(N5CCOCC5)c4)oc23)ccc1OC1CCOCC1. The third kappa shape index (κ3) is 4.53. The van der Waals surface area contributed by atoms with Crippen molar-refractivity contribution in [2.45, 2.75) is 18.9 Å². The average molecular weight is 482 g/mol. The van der Waals surface area contributed by atoms with E-state index in [0.717, 1.165) is 72.8 Å². The average Bonchev–Trinajstić information content (AvgIpc) is 3.39. The highest BCUT2D eigenvalue weighted by atomic mass is 16.5. The largest absolute Gasteiger partial charge is 0.489 e. The van der Waals surface area contributed by atoms with Crippen molar-refractivity contribution in [2.75, 3.05) is 44.4 Å². The molecule has 2 saturated heterocycles. The van der Waals surface area contributed by atoms with Crippen LogP contribution in [0.2, 0.25) is 0 Å². The summed E-state index contributed by atoms with van der Waals surface area (Å²) in [6, 6.07) is 20.3. The molecule has 0 spiro atoms. The van der Waals surface area contributed by atoms with Gasteiger partial charge < -0.3 is 23.5 Å². The summed E-state index contributed by atoms with van der Waals surface area (Å²) < 4.78 is 23.4. The highest BCUT2D eigenvalue weighted by Crippen LogP contribution is 2.36. The molecule has 0 bridgehead atoms. The molecule has 2 aromatic carbocycles. The number of morpholine rings is 1. The first kappa shape index (κ1) is 22.6. The van der Waals surface area contributed by atoms with Crippen LogP contribution in [-0.4, -0.2) is 50.6 Å². The Balaban J connectivity index is 1.32. The molecule has 2 aromatic heterocycles. The minimum atomic E-state index is 0.0743. The second-order valence-corrected chi connectivity index (χ2v) is 9.09. The third-order valence-electron chi connectivity index (χ3n) is 6.79. The van der Waals surface area contributed by atoms with E-state index in [2.05, 4.69) is 40.2 Å². The number of rotatable bonds is 5. The molecule has 2 aliphatic rings. The van der Waals surface area contributed by atoms with Gasteiger partial charge in [0, 0.05) is 55.0 Å². The zero-order chi connectivity index (χ0) is 24.3. The maximum atomic E-state index is 9.82. The van der Waals surface area contributed by atoms with Crippen molar-refractivity contribution in [1.82, 2.24) is 4.98 Å². The summed E-state index contributed by atoms with van der Waals surface area (Å²) in [6.07, 6.45) is 3.52. The summed E-state index contributed by atoms with van der Waals surface area (Å²) in [6.45, 7) is 4.62. The zero-order valence-corrected chi connectivity index (χ0v) is 20.0. The van der Waals surface area contributed by atoms with Crippen LogP contribution in [0.4, 0.5) is 5.69 Å². The van der Waals surface area contributed by atoms with Crippen LogP contribution in [0.1, 0.15) is 18.4 Å². The zero-order valence-electron chi connectivity index (χ0n) is 20.0. The van der Waals surface area contributed by atoms with E-state index in [1.807, 2.05) is 30.3 Å². The van der Waals surface area contributed by atoms with E-state index in [0.29, 0.717) is 30.1 Å². The Morgan fingerprint density at radius 1 is 0.917 bits per heavy atom. The molecule has 2 fully saturated rings. The number of furan rings is 1. The van der Waals surface area contributed by atoms with Gasteiger partial charge in [0.25, 0.3) is 0 Å². The molecule has 0 saturated carbocycles. The number of pyridine rings is 1. The number of aromatic nitrogens is 1. The second kappa shape index (κ2) is 10.0. The van der Waals surface area contributed by atoms with Crippen molar-refractivity contribution < 1.29 is 18.6 Å². The number of hydrogen-bond donors (Lipinski definition) is 0. The van der Waals surface area contributed by atoms with Crippen LogP contribution < -0.4 is 9.64 Å². The first-order valence-corrected chi connectivity index (χ1v) is 12.4. The fourth-order valence-corrected chi connectivity index (χ4v) is 4.85. The Morgan fingerprint density at radius 2 is 1.75 bits per heavy atom. The number of benzene rings is 2. The van der Waals surface area contributed by atoms with Gasteiger partial charge in [0.2, 0.25) is 0 Å². The van der Waals surface area contributed by atoms with Gasteiger partial charge in [0.1, 0.15) is 29.2 Å². The summed E-state index contributed by atoms with van der Waals surface area (Å²) in [5, 5.41) is 9.82. The molecule has 36 heavy (non-hydrogen) atoms. The number of hydrogen-bond acceptors (Lipinski definition) is 7. The Morgan fingerprint density at radius 3 is 2.58 bits per heavy atom. The predicted molar refractivity (Wildman–Crippen MR) is 137 cm³/mol. The van der Waals surface area contributed by atoms with Crippen molar-refractivity contribution >= 4 is 16.8 Å². The summed E-state index contributed by atoms with van der Waals surface area (Å²) in [4.78, 5) is 6.87. The van der Waals surface area contributed by atoms with Crippen LogP contribution in [0.3, 0.4) is 0 Å². The van der Waals surface area contributed by atoms with Crippen LogP contribution in [0.25, 0.3) is 33.6 Å². The lowest BCUT2D eigenvalue weighted by atomic mass is 10.0. The molecule has 0 aliphatic carbocycles. The van der Waals surface area contributed by atoms with Gasteiger partial charge in [-0.05, 0) is 35.9 Å². The number of fused-ring (bicyclic) bond motifs is 1. The highest BCUT2D eigenvalue weighted by molar-refractivity contribution is 5.93. The van der Waals surface area contributed by atoms with Crippen molar-refractivity contribution in [3.8, 4) is 34.3 Å². The molecule has 4 heterocycles. The highest BCUT2D eigenvalue weighted by Gasteiger charge is 2.19. The smallest absolute Gasteiger partial charge is 0.161 e. The number of ether oxygens (including phenoxy) is 3. The van der Waals surface area contributed by atoms with E-state index in [1.54, 1.807) is 6.20 Å². The van der Waals surface area contributed by atoms with Crippen LogP contribution in [0.15, 0.2) is 65.2 Å². The van der Waals surface area contributed by atoms with Gasteiger partial charge in [-0.25, -0.2) is 0 Å². The molecule has 7 heteroatoms. The predicted octanol–water partition coefficient (Wildman–Crippen LogP) is 5.43. The van der Waals surface area contributed by atoms with Crippen LogP contribution in [0, 0.1) is 11.3 Å². The minimum Gasteiger partial charge on any atom is -0.489 e. The maximum Gasteiger partial charge on any atom is 0.161 e. The lowest BCUT2D eigenvalue weighted by molar-refractivity contribution is 0.0254. The Kier molecular flexibility index (Phi) is 6.29. The molecule has 4 aromatic rings. The quantitative estimate of drug-likeness (QED) is 0.376. The van der Waals surface area contributed by atoms with Gasteiger partial charge >= 0.3 is 0 Å². The maximum absolute atomic E-state index is 9.82. The van der Waals surface area contributed by atoms with E-state index in [1.165, 1.54) is 0 Å². The summed E-state index contributed by atoms with van der Waals surface area (Å²) in [5.74, 6) is 1.37. The number of nitriles is 1. The van der Waals surface area contributed by atoms with Crippen molar-refractivity contribution in [2.24, 2.45) is 0 Å². The van der Waals surface area contributed by atoms with Crippen molar-refractivity contribution in [3.05, 3.63) is 66.4 Å². The van der Waals surface area contributed by atoms with Gasteiger partial charge in [-0.1, -0.05) is 18.2 Å². The Bertz CT molecular complexity index is 1410. The molecule has 0 atom stereocenters. The van der Waals surface area contributed by atoms with Crippen LogP contribution >= 0.6 is 0 Å². The summed E-state index contributed by atoms with van der Waals surface area (Å²) in [5.41, 5.74) is 5.93. The van der Waals surface area contributed by atoms with Gasteiger partial charge in [0.05, 0.1) is 32.0 Å². The lowest BCUT2D eigenvalue weighted by Crippen LogP contribution is -2.36. The second-order valence-electron chi connectivity index (χ2n) is 9.09. The standard InChI is InChI=1S/C29H27N3O4/c30-19-22-16-20(4-5-27(22)35-24-7-12-33-13-8-24)25-6-9-31-26-18-28(36-29(25)26)21-2-1-3-23(17-21)32-10-14-34-15-11-32/h1-6,9,16-18,24H,7-8,10-15H2. The van der Waals surface area contributed by atoms with Gasteiger partial charge in [0.15, 0.2) is 5.58 Å². The van der Waals surface area contributed by atoms with Crippen LogP contribution in [-0.2, 0) is 9.47 Å². The molecule has 0 radical (unpaired) electrons. The number of anilines is 1. The van der Waals surface area contributed by atoms with E-state index < -0.39 is 0 Å². The van der Waals surface area contributed by atoms with Crippen molar-refractivity contribution in [1.29, 1.82) is 5.26 Å². The van der Waals surface area contributed by atoms with Gasteiger partial charge in [-0.15, -0.1) is 0 Å². The number of nitrogens with zero attached hydrogens (tertiary/aromatic N) is 3. The van der Waals surface area contributed by atoms with E-state index in [4.69, 9.17) is 18.6 Å². The molecule has 6 rings (SSSR count). The van der Waals surface area contributed by atoms with Crippen molar-refractivity contribution in [3.63, 3.8) is 0 Å². The molecular weight excluding hydrogens is 454 g/mol. The molecule has 0 unspecified atom stereocenters. The fraction of sp³-hybridized carbons (Fsp3) is 0.310. The monoisotopic (exact) mass is 481 g/mol. The Hall–Kier alpha value is -3.86. The van der Waals surface area contributed by atoms with Gasteiger partial charge in [-0.2, -0.15) is 5.26 Å². The van der Waals surface area contributed by atoms with E-state index >= 15 is 0 Å². The molecule has 7 nitrogen and oxygen atoms in total. The summed E-state index contributed by atoms with van der Waals surface area (Å²) in [7, 11) is 0. The molecule has 2 aliphatic heterocycles. The third-order valence-corrected chi connectivity index (χ3v) is 6.79.